The van der Waals surface area contributed by atoms with Gasteiger partial charge in [-0.3, -0.25) is 4.90 Å². The van der Waals surface area contributed by atoms with Crippen molar-refractivity contribution >= 4 is 0 Å². The highest BCUT2D eigenvalue weighted by molar-refractivity contribution is 5.53. The van der Waals surface area contributed by atoms with Crippen molar-refractivity contribution in [2.75, 3.05) is 32.7 Å². The normalized spacial score (nSPS) is 15.6. The van der Waals surface area contributed by atoms with Crippen LogP contribution in [0.1, 0.15) is 77.0 Å². The smallest absolute Gasteiger partial charge is 0.241 e. The fourth-order valence-corrected chi connectivity index (χ4v) is 4.21. The van der Waals surface area contributed by atoms with Crippen molar-refractivity contribution in [3.63, 3.8) is 0 Å². The lowest BCUT2D eigenvalue weighted by molar-refractivity contribution is 0.115. The monoisotopic (exact) mass is 412 g/mol. The van der Waals surface area contributed by atoms with Crippen molar-refractivity contribution in [2.24, 2.45) is 0 Å². The summed E-state index contributed by atoms with van der Waals surface area (Å²) in [6, 6.07) is 10.0. The average molecular weight is 413 g/mol. The van der Waals surface area contributed by atoms with Crippen LogP contribution < -0.4 is 0 Å². The van der Waals surface area contributed by atoms with Gasteiger partial charge in [-0.1, -0.05) is 100 Å². The molecule has 5 heteroatoms. The maximum absolute atomic E-state index is 5.47. The molecule has 1 saturated heterocycles. The second kappa shape index (κ2) is 13.6. The quantitative estimate of drug-likeness (QED) is 0.368. The Balaban J connectivity index is 1.22. The molecule has 0 radical (unpaired) electrons. The first-order valence-corrected chi connectivity index (χ1v) is 12.2. The van der Waals surface area contributed by atoms with E-state index in [4.69, 9.17) is 4.52 Å². The zero-order valence-corrected chi connectivity index (χ0v) is 18.9. The number of piperazine rings is 1. The van der Waals surface area contributed by atoms with Crippen molar-refractivity contribution in [2.45, 2.75) is 77.7 Å². The highest BCUT2D eigenvalue weighted by Gasteiger charge is 2.19. The second-order valence-electron chi connectivity index (χ2n) is 8.68. The van der Waals surface area contributed by atoms with Gasteiger partial charge >= 0.3 is 0 Å². The molecule has 0 amide bonds. The summed E-state index contributed by atoms with van der Waals surface area (Å²) in [5.41, 5.74) is 1.01. The van der Waals surface area contributed by atoms with Crippen molar-refractivity contribution in [3.8, 4) is 11.4 Å². The number of aromatic nitrogens is 2. The number of hydrogen-bond acceptors (Lipinski definition) is 5. The summed E-state index contributed by atoms with van der Waals surface area (Å²) in [5.74, 6) is 1.40. The van der Waals surface area contributed by atoms with Gasteiger partial charge in [0.15, 0.2) is 0 Å². The molecule has 0 bridgehead atoms. The van der Waals surface area contributed by atoms with Crippen LogP contribution >= 0.6 is 0 Å². The molecular weight excluding hydrogens is 372 g/mol. The van der Waals surface area contributed by atoms with E-state index in [-0.39, 0.29) is 0 Å². The highest BCUT2D eigenvalue weighted by atomic mass is 16.5. The largest absolute Gasteiger partial charge is 0.338 e. The fraction of sp³-hybridized carbons (Fsp3) is 0.680. The Kier molecular flexibility index (Phi) is 10.4. The standard InChI is InChI=1S/C25H40N4O/c1-2-3-4-5-6-7-8-9-10-14-17-28-18-20-29(21-19-28)22-24-26-25(27-30-24)23-15-12-11-13-16-23/h11-13,15-16H,2-10,14,17-22H2,1H3. The third-order valence-electron chi connectivity index (χ3n) is 6.15. The minimum Gasteiger partial charge on any atom is -0.338 e. The van der Waals surface area contributed by atoms with Crippen LogP contribution in [0.25, 0.3) is 11.4 Å². The predicted molar refractivity (Wildman–Crippen MR) is 123 cm³/mol. The van der Waals surface area contributed by atoms with Gasteiger partial charge in [-0.15, -0.1) is 0 Å². The predicted octanol–water partition coefficient (Wildman–Crippen LogP) is 5.78. The minimum atomic E-state index is 0.685. The van der Waals surface area contributed by atoms with E-state index in [2.05, 4.69) is 26.9 Å². The first kappa shape index (κ1) is 23.0. The van der Waals surface area contributed by atoms with E-state index >= 15 is 0 Å². The number of benzene rings is 1. The van der Waals surface area contributed by atoms with Crippen molar-refractivity contribution in [1.82, 2.24) is 19.9 Å². The van der Waals surface area contributed by atoms with Gasteiger partial charge in [0.25, 0.3) is 0 Å². The van der Waals surface area contributed by atoms with E-state index in [1.807, 2.05) is 30.3 Å². The van der Waals surface area contributed by atoms with E-state index in [9.17, 15) is 0 Å². The molecule has 166 valence electrons. The summed E-state index contributed by atoms with van der Waals surface area (Å²) in [7, 11) is 0. The molecule has 0 saturated carbocycles. The summed E-state index contributed by atoms with van der Waals surface area (Å²) < 4.78 is 5.47. The lowest BCUT2D eigenvalue weighted by Crippen LogP contribution is -2.46. The van der Waals surface area contributed by atoms with E-state index in [0.717, 1.165) is 44.2 Å². The molecule has 2 heterocycles. The van der Waals surface area contributed by atoms with Gasteiger partial charge in [-0.2, -0.15) is 4.98 Å². The van der Waals surface area contributed by atoms with Crippen molar-refractivity contribution in [1.29, 1.82) is 0 Å². The van der Waals surface area contributed by atoms with Gasteiger partial charge in [0.05, 0.1) is 6.54 Å². The molecule has 1 fully saturated rings. The third-order valence-corrected chi connectivity index (χ3v) is 6.15. The van der Waals surface area contributed by atoms with Crippen LogP contribution in [0.15, 0.2) is 34.9 Å². The van der Waals surface area contributed by atoms with Crippen LogP contribution in [0.5, 0.6) is 0 Å². The van der Waals surface area contributed by atoms with Gasteiger partial charge < -0.3 is 9.42 Å². The molecule has 0 atom stereocenters. The average Bonchev–Trinajstić information content (AvgIpc) is 3.25. The summed E-state index contributed by atoms with van der Waals surface area (Å²) in [4.78, 5) is 9.61. The van der Waals surface area contributed by atoms with E-state index in [0.29, 0.717) is 5.82 Å². The molecule has 0 N–H and O–H groups in total. The zero-order chi connectivity index (χ0) is 20.9. The highest BCUT2D eigenvalue weighted by Crippen LogP contribution is 2.16. The minimum absolute atomic E-state index is 0.685. The van der Waals surface area contributed by atoms with Crippen molar-refractivity contribution < 1.29 is 4.52 Å². The number of hydrogen-bond donors (Lipinski definition) is 0. The number of rotatable bonds is 14. The molecule has 30 heavy (non-hydrogen) atoms. The zero-order valence-electron chi connectivity index (χ0n) is 18.9. The molecular formula is C25H40N4O. The first-order valence-electron chi connectivity index (χ1n) is 12.2. The molecule has 2 aromatic rings. The summed E-state index contributed by atoms with van der Waals surface area (Å²) in [6.07, 6.45) is 14.1. The third kappa shape index (κ3) is 8.19. The lowest BCUT2D eigenvalue weighted by atomic mass is 10.1. The van der Waals surface area contributed by atoms with Gasteiger partial charge in [0.1, 0.15) is 0 Å². The molecule has 0 aliphatic carbocycles. The van der Waals surface area contributed by atoms with Gasteiger partial charge in [-0.25, -0.2) is 0 Å². The maximum Gasteiger partial charge on any atom is 0.241 e. The van der Waals surface area contributed by atoms with Crippen LogP contribution in [0.4, 0.5) is 0 Å². The fourth-order valence-electron chi connectivity index (χ4n) is 4.21. The van der Waals surface area contributed by atoms with Crippen LogP contribution in [0.2, 0.25) is 0 Å². The molecule has 1 aromatic carbocycles. The van der Waals surface area contributed by atoms with Gasteiger partial charge in [-0.05, 0) is 13.0 Å². The van der Waals surface area contributed by atoms with Crippen LogP contribution in [-0.4, -0.2) is 52.7 Å². The van der Waals surface area contributed by atoms with Gasteiger partial charge in [0, 0.05) is 31.7 Å². The molecule has 1 aliphatic heterocycles. The molecule has 1 aliphatic rings. The van der Waals surface area contributed by atoms with Crippen LogP contribution in [0, 0.1) is 0 Å². The first-order chi connectivity index (χ1) is 14.8. The van der Waals surface area contributed by atoms with E-state index < -0.39 is 0 Å². The van der Waals surface area contributed by atoms with Crippen LogP contribution in [0.3, 0.4) is 0 Å². The van der Waals surface area contributed by atoms with E-state index in [1.54, 1.807) is 0 Å². The Morgan fingerprint density at radius 3 is 2.03 bits per heavy atom. The Hall–Kier alpha value is -1.72. The number of unbranched alkanes of at least 4 members (excludes halogenated alkanes) is 9. The Bertz CT molecular complexity index is 679. The Labute approximate surface area is 182 Å². The molecule has 1 aromatic heterocycles. The SMILES string of the molecule is CCCCCCCCCCCCN1CCN(Cc2nc(-c3ccccc3)no2)CC1. The summed E-state index contributed by atoms with van der Waals surface area (Å²) in [5, 5.41) is 4.13. The Morgan fingerprint density at radius 2 is 1.37 bits per heavy atom. The van der Waals surface area contributed by atoms with Crippen molar-refractivity contribution in [3.05, 3.63) is 36.2 Å². The molecule has 3 rings (SSSR count). The topological polar surface area (TPSA) is 45.4 Å². The summed E-state index contributed by atoms with van der Waals surface area (Å²) >= 11 is 0. The van der Waals surface area contributed by atoms with Crippen LogP contribution in [-0.2, 0) is 6.54 Å². The lowest BCUT2D eigenvalue weighted by Gasteiger charge is -2.33. The molecule has 5 nitrogen and oxygen atoms in total. The van der Waals surface area contributed by atoms with Gasteiger partial charge in [0.2, 0.25) is 11.7 Å². The molecule has 0 spiro atoms. The van der Waals surface area contributed by atoms with E-state index in [1.165, 1.54) is 70.8 Å². The summed E-state index contributed by atoms with van der Waals surface area (Å²) in [6.45, 7) is 8.76. The maximum atomic E-state index is 5.47. The molecule has 0 unspecified atom stereocenters. The number of nitrogens with zero attached hydrogens (tertiary/aromatic N) is 4. The second-order valence-corrected chi connectivity index (χ2v) is 8.68. The Morgan fingerprint density at radius 1 is 0.767 bits per heavy atom.